The number of hydrogen-bond acceptors (Lipinski definition) is 4. The fourth-order valence-electron chi connectivity index (χ4n) is 2.07. The van der Waals surface area contributed by atoms with E-state index in [1.807, 2.05) is 6.07 Å². The number of nitrogens with one attached hydrogen (secondary N) is 2. The Morgan fingerprint density at radius 3 is 2.50 bits per heavy atom. The van der Waals surface area contributed by atoms with Gasteiger partial charge in [-0.1, -0.05) is 20.8 Å². The van der Waals surface area contributed by atoms with E-state index in [4.69, 9.17) is 0 Å². The van der Waals surface area contributed by atoms with Gasteiger partial charge in [-0.25, -0.2) is 9.97 Å². The van der Waals surface area contributed by atoms with Crippen molar-refractivity contribution in [1.82, 2.24) is 9.97 Å². The van der Waals surface area contributed by atoms with Crippen LogP contribution in [0.5, 0.6) is 0 Å². The van der Waals surface area contributed by atoms with Gasteiger partial charge in [0.2, 0.25) is 0 Å². The van der Waals surface area contributed by atoms with Gasteiger partial charge in [0, 0.05) is 25.1 Å². The number of anilines is 2. The zero-order chi connectivity index (χ0) is 13.2. The minimum Gasteiger partial charge on any atom is -0.370 e. The maximum absolute atomic E-state index is 4.59. The van der Waals surface area contributed by atoms with Crippen molar-refractivity contribution in [3.63, 3.8) is 0 Å². The Balaban J connectivity index is 2.12. The summed E-state index contributed by atoms with van der Waals surface area (Å²) in [5, 5.41) is 6.78. The van der Waals surface area contributed by atoms with E-state index in [0.29, 0.717) is 11.5 Å². The molecule has 0 amide bonds. The lowest BCUT2D eigenvalue weighted by molar-refractivity contribution is 0.629. The zero-order valence-electron chi connectivity index (χ0n) is 11.9. The average Bonchev–Trinajstić information content (AvgIpc) is 2.86. The summed E-state index contributed by atoms with van der Waals surface area (Å²) >= 11 is 0. The molecule has 1 aromatic rings. The normalized spacial score (nSPS) is 20.6. The minimum atomic E-state index is 0.411. The fourth-order valence-corrected chi connectivity index (χ4v) is 2.07. The third-order valence-corrected chi connectivity index (χ3v) is 3.44. The van der Waals surface area contributed by atoms with Crippen molar-refractivity contribution < 1.29 is 0 Å². The molecule has 4 nitrogen and oxygen atoms in total. The van der Waals surface area contributed by atoms with Gasteiger partial charge in [0.05, 0.1) is 0 Å². The van der Waals surface area contributed by atoms with Crippen LogP contribution in [0.1, 0.15) is 46.4 Å². The van der Waals surface area contributed by atoms with Crippen molar-refractivity contribution in [3.8, 4) is 0 Å². The third kappa shape index (κ3) is 3.12. The van der Waals surface area contributed by atoms with Gasteiger partial charge < -0.3 is 10.6 Å². The molecule has 0 aromatic carbocycles. The summed E-state index contributed by atoms with van der Waals surface area (Å²) in [5.41, 5.74) is 0.411. The molecule has 2 N–H and O–H groups in total. The molecule has 0 saturated heterocycles. The van der Waals surface area contributed by atoms with Crippen molar-refractivity contribution in [2.75, 3.05) is 17.2 Å². The second-order valence-electron chi connectivity index (χ2n) is 5.72. The molecule has 18 heavy (non-hydrogen) atoms. The predicted octanol–water partition coefficient (Wildman–Crippen LogP) is 3.07. The number of rotatable bonds is 6. The van der Waals surface area contributed by atoms with Gasteiger partial charge in [-0.3, -0.25) is 0 Å². The molecule has 0 spiro atoms. The fraction of sp³-hybridized carbons (Fsp3) is 0.714. The highest BCUT2D eigenvalue weighted by Gasteiger charge is 2.45. The highest BCUT2D eigenvalue weighted by molar-refractivity contribution is 5.49. The van der Waals surface area contributed by atoms with Gasteiger partial charge in [-0.05, 0) is 25.2 Å². The van der Waals surface area contributed by atoms with Gasteiger partial charge in [0.1, 0.15) is 17.5 Å². The summed E-state index contributed by atoms with van der Waals surface area (Å²) in [7, 11) is 0. The van der Waals surface area contributed by atoms with E-state index >= 15 is 0 Å². The average molecular weight is 248 g/mol. The van der Waals surface area contributed by atoms with Crippen LogP contribution in [0.15, 0.2) is 6.07 Å². The molecule has 4 heteroatoms. The summed E-state index contributed by atoms with van der Waals surface area (Å²) in [5.74, 6) is 2.81. The van der Waals surface area contributed by atoms with E-state index in [1.165, 1.54) is 6.42 Å². The van der Waals surface area contributed by atoms with Crippen LogP contribution in [-0.2, 0) is 6.42 Å². The Bertz CT molecular complexity index is 390. The van der Waals surface area contributed by atoms with Gasteiger partial charge in [0.15, 0.2) is 0 Å². The Morgan fingerprint density at radius 2 is 1.94 bits per heavy atom. The van der Waals surface area contributed by atoms with Crippen LogP contribution < -0.4 is 10.6 Å². The first-order valence-electron chi connectivity index (χ1n) is 6.93. The molecule has 1 saturated carbocycles. The van der Waals surface area contributed by atoms with Gasteiger partial charge in [-0.15, -0.1) is 0 Å². The van der Waals surface area contributed by atoms with Crippen LogP contribution in [0, 0.1) is 5.41 Å². The maximum Gasteiger partial charge on any atom is 0.133 e. The maximum atomic E-state index is 4.59. The standard InChI is InChI=1S/C14H24N4/c1-5-7-11-17-12(15-6-2)8-13(18-11)16-10-9-14(10,3)4/h8,10H,5-7,9H2,1-4H3,(H2,15,16,17,18). The van der Waals surface area contributed by atoms with Crippen molar-refractivity contribution >= 4 is 11.6 Å². The van der Waals surface area contributed by atoms with Gasteiger partial charge >= 0.3 is 0 Å². The van der Waals surface area contributed by atoms with Crippen LogP contribution in [-0.4, -0.2) is 22.6 Å². The van der Waals surface area contributed by atoms with E-state index in [1.54, 1.807) is 0 Å². The van der Waals surface area contributed by atoms with Gasteiger partial charge in [0.25, 0.3) is 0 Å². The molecule has 1 aliphatic carbocycles. The Kier molecular flexibility index (Phi) is 3.73. The highest BCUT2D eigenvalue weighted by Crippen LogP contribution is 2.46. The first kappa shape index (κ1) is 13.1. The number of nitrogens with zero attached hydrogens (tertiary/aromatic N) is 2. The molecular weight excluding hydrogens is 224 g/mol. The van der Waals surface area contributed by atoms with Crippen LogP contribution in [0.3, 0.4) is 0 Å². The summed E-state index contributed by atoms with van der Waals surface area (Å²) in [6.07, 6.45) is 3.22. The third-order valence-electron chi connectivity index (χ3n) is 3.44. The molecule has 1 aromatic heterocycles. The molecule has 0 bridgehead atoms. The lowest BCUT2D eigenvalue weighted by Gasteiger charge is -2.11. The van der Waals surface area contributed by atoms with Crippen molar-refractivity contribution in [1.29, 1.82) is 0 Å². The van der Waals surface area contributed by atoms with Crippen molar-refractivity contribution in [2.24, 2.45) is 5.41 Å². The molecule has 1 atom stereocenters. The zero-order valence-corrected chi connectivity index (χ0v) is 11.9. The largest absolute Gasteiger partial charge is 0.370 e. The first-order valence-corrected chi connectivity index (χ1v) is 6.93. The Hall–Kier alpha value is -1.32. The quantitative estimate of drug-likeness (QED) is 0.812. The number of hydrogen-bond donors (Lipinski definition) is 2. The van der Waals surface area contributed by atoms with E-state index in [9.17, 15) is 0 Å². The summed E-state index contributed by atoms with van der Waals surface area (Å²) in [6.45, 7) is 9.68. The molecule has 1 unspecified atom stereocenters. The molecule has 1 fully saturated rings. The summed E-state index contributed by atoms with van der Waals surface area (Å²) in [6, 6.07) is 2.56. The van der Waals surface area contributed by atoms with Crippen LogP contribution in [0.4, 0.5) is 11.6 Å². The van der Waals surface area contributed by atoms with Crippen molar-refractivity contribution in [3.05, 3.63) is 11.9 Å². The Morgan fingerprint density at radius 1 is 1.28 bits per heavy atom. The van der Waals surface area contributed by atoms with E-state index < -0.39 is 0 Å². The number of aryl methyl sites for hydroxylation is 1. The van der Waals surface area contributed by atoms with E-state index in [2.05, 4.69) is 48.3 Å². The highest BCUT2D eigenvalue weighted by atomic mass is 15.1. The molecule has 0 aliphatic heterocycles. The molecular formula is C14H24N4. The smallest absolute Gasteiger partial charge is 0.133 e. The second kappa shape index (κ2) is 5.12. The molecule has 2 rings (SSSR count). The van der Waals surface area contributed by atoms with E-state index in [-0.39, 0.29) is 0 Å². The van der Waals surface area contributed by atoms with Crippen LogP contribution in [0.2, 0.25) is 0 Å². The first-order chi connectivity index (χ1) is 8.55. The van der Waals surface area contributed by atoms with E-state index in [0.717, 1.165) is 36.8 Å². The predicted molar refractivity (Wildman–Crippen MR) is 76.0 cm³/mol. The topological polar surface area (TPSA) is 49.8 Å². The van der Waals surface area contributed by atoms with Crippen LogP contribution in [0.25, 0.3) is 0 Å². The lowest BCUT2D eigenvalue weighted by Crippen LogP contribution is -2.12. The SMILES string of the molecule is CCCc1nc(NCC)cc(NC2CC2(C)C)n1. The second-order valence-corrected chi connectivity index (χ2v) is 5.72. The monoisotopic (exact) mass is 248 g/mol. The number of aromatic nitrogens is 2. The molecule has 1 aliphatic rings. The summed E-state index contributed by atoms with van der Waals surface area (Å²) in [4.78, 5) is 9.10. The minimum absolute atomic E-state index is 0.411. The Labute approximate surface area is 110 Å². The van der Waals surface area contributed by atoms with Gasteiger partial charge in [-0.2, -0.15) is 0 Å². The summed E-state index contributed by atoms with van der Waals surface area (Å²) < 4.78 is 0. The molecule has 1 heterocycles. The lowest BCUT2D eigenvalue weighted by atomic mass is 10.2. The van der Waals surface area contributed by atoms with Crippen LogP contribution >= 0.6 is 0 Å². The molecule has 100 valence electrons. The van der Waals surface area contributed by atoms with Crippen molar-refractivity contribution in [2.45, 2.75) is 53.0 Å². The molecule has 0 radical (unpaired) electrons.